The van der Waals surface area contributed by atoms with Crippen LogP contribution < -0.4 is 5.32 Å². The maximum absolute atomic E-state index is 9.69. The molecule has 2 aromatic carbocycles. The Labute approximate surface area is 142 Å². The first-order valence-corrected chi connectivity index (χ1v) is 8.59. The Hall–Kier alpha value is -0.840. The highest BCUT2D eigenvalue weighted by Gasteiger charge is 2.07. The molecule has 0 aliphatic heterocycles. The Balaban J connectivity index is 1.80. The lowest BCUT2D eigenvalue weighted by Crippen LogP contribution is -2.16. The van der Waals surface area contributed by atoms with Gasteiger partial charge < -0.3 is 10.4 Å². The van der Waals surface area contributed by atoms with Crippen LogP contribution in [0.1, 0.15) is 30.4 Å². The number of halogens is 2. The molecule has 1 unspecified atom stereocenters. The SMILES string of the molecule is CC(CCNCc1cc(Br)c(O)c(Br)c1)c1ccccc1. The molecule has 0 amide bonds. The van der Waals surface area contributed by atoms with Crippen molar-refractivity contribution >= 4 is 31.9 Å². The summed E-state index contributed by atoms with van der Waals surface area (Å²) >= 11 is 6.70. The number of aromatic hydroxyl groups is 1. The molecule has 2 N–H and O–H groups in total. The van der Waals surface area contributed by atoms with Crippen LogP contribution in [-0.2, 0) is 6.54 Å². The second kappa shape index (κ2) is 7.97. The van der Waals surface area contributed by atoms with Crippen molar-refractivity contribution in [2.24, 2.45) is 0 Å². The smallest absolute Gasteiger partial charge is 0.143 e. The molecule has 2 rings (SSSR count). The zero-order valence-corrected chi connectivity index (χ0v) is 15.1. The van der Waals surface area contributed by atoms with Crippen molar-refractivity contribution in [3.63, 3.8) is 0 Å². The van der Waals surface area contributed by atoms with E-state index in [-0.39, 0.29) is 5.75 Å². The fourth-order valence-corrected chi connectivity index (χ4v) is 3.50. The van der Waals surface area contributed by atoms with Crippen molar-refractivity contribution < 1.29 is 5.11 Å². The van der Waals surface area contributed by atoms with Crippen LogP contribution >= 0.6 is 31.9 Å². The van der Waals surface area contributed by atoms with Crippen molar-refractivity contribution in [3.05, 3.63) is 62.5 Å². The van der Waals surface area contributed by atoms with Crippen LogP contribution in [0.15, 0.2) is 51.4 Å². The van der Waals surface area contributed by atoms with E-state index in [1.54, 1.807) is 0 Å². The third-order valence-corrected chi connectivity index (χ3v) is 4.74. The van der Waals surface area contributed by atoms with Gasteiger partial charge in [-0.05, 0) is 74.0 Å². The zero-order chi connectivity index (χ0) is 15.2. The Morgan fingerprint density at radius 1 is 1.10 bits per heavy atom. The molecule has 4 heteroatoms. The fourth-order valence-electron chi connectivity index (χ4n) is 2.22. The summed E-state index contributed by atoms with van der Waals surface area (Å²) in [5.41, 5.74) is 2.52. The zero-order valence-electron chi connectivity index (χ0n) is 11.9. The molecule has 2 nitrogen and oxygen atoms in total. The number of hydrogen-bond acceptors (Lipinski definition) is 2. The van der Waals surface area contributed by atoms with Crippen molar-refractivity contribution in [1.82, 2.24) is 5.32 Å². The van der Waals surface area contributed by atoms with Crippen LogP contribution in [0.2, 0.25) is 0 Å². The summed E-state index contributed by atoms with van der Waals surface area (Å²) < 4.78 is 1.43. The van der Waals surface area contributed by atoms with Gasteiger partial charge in [-0.15, -0.1) is 0 Å². The molecule has 112 valence electrons. The number of rotatable bonds is 6. The molecule has 0 fully saturated rings. The molecule has 21 heavy (non-hydrogen) atoms. The standard InChI is InChI=1S/C17H19Br2NO/c1-12(14-5-3-2-4-6-14)7-8-20-11-13-9-15(18)17(21)16(19)10-13/h2-6,9-10,12,20-21H,7-8,11H2,1H3. The van der Waals surface area contributed by atoms with Gasteiger partial charge in [-0.2, -0.15) is 0 Å². The van der Waals surface area contributed by atoms with Gasteiger partial charge in [0.2, 0.25) is 0 Å². The lowest BCUT2D eigenvalue weighted by Gasteiger charge is -2.13. The largest absolute Gasteiger partial charge is 0.506 e. The molecule has 0 aromatic heterocycles. The molecule has 1 atom stereocenters. The van der Waals surface area contributed by atoms with Crippen LogP contribution in [0, 0.1) is 0 Å². The summed E-state index contributed by atoms with van der Waals surface area (Å²) in [6.45, 7) is 4.01. The van der Waals surface area contributed by atoms with Gasteiger partial charge in [0.05, 0.1) is 8.95 Å². The second-order valence-corrected chi connectivity index (χ2v) is 6.89. The quantitative estimate of drug-likeness (QED) is 0.639. The molecule has 2 aromatic rings. The maximum atomic E-state index is 9.69. The Kier molecular flexibility index (Phi) is 6.27. The van der Waals surface area contributed by atoms with E-state index >= 15 is 0 Å². The predicted octanol–water partition coefficient (Wildman–Crippen LogP) is 5.20. The first-order chi connectivity index (χ1) is 10.1. The second-order valence-electron chi connectivity index (χ2n) is 5.19. The molecule has 0 saturated heterocycles. The first kappa shape index (κ1) is 16.5. The number of benzene rings is 2. The molecule has 0 spiro atoms. The highest BCUT2D eigenvalue weighted by molar-refractivity contribution is 9.11. The van der Waals surface area contributed by atoms with Gasteiger partial charge in [0.15, 0.2) is 0 Å². The average Bonchev–Trinajstić information content (AvgIpc) is 2.49. The Morgan fingerprint density at radius 2 is 1.71 bits per heavy atom. The number of phenols is 1. The third-order valence-electron chi connectivity index (χ3n) is 3.53. The van der Waals surface area contributed by atoms with Crippen LogP contribution in [0.5, 0.6) is 5.75 Å². The van der Waals surface area contributed by atoms with Crippen molar-refractivity contribution in [1.29, 1.82) is 0 Å². The lowest BCUT2D eigenvalue weighted by molar-refractivity contribution is 0.468. The molecule has 0 saturated carbocycles. The summed E-state index contributed by atoms with van der Waals surface area (Å²) in [7, 11) is 0. The molecule has 0 aliphatic rings. The van der Waals surface area contributed by atoms with Gasteiger partial charge in [0, 0.05) is 6.54 Å². The topological polar surface area (TPSA) is 32.3 Å². The minimum atomic E-state index is 0.247. The Bertz CT molecular complexity index is 564. The number of hydrogen-bond donors (Lipinski definition) is 2. The molecule has 0 bridgehead atoms. The Morgan fingerprint density at radius 3 is 2.33 bits per heavy atom. The van der Waals surface area contributed by atoms with Crippen LogP contribution in [0.25, 0.3) is 0 Å². The van der Waals surface area contributed by atoms with E-state index in [0.717, 1.165) is 25.1 Å². The fraction of sp³-hybridized carbons (Fsp3) is 0.294. The van der Waals surface area contributed by atoms with Gasteiger partial charge >= 0.3 is 0 Å². The average molecular weight is 413 g/mol. The van der Waals surface area contributed by atoms with E-state index < -0.39 is 0 Å². The minimum Gasteiger partial charge on any atom is -0.506 e. The lowest BCUT2D eigenvalue weighted by atomic mass is 9.98. The van der Waals surface area contributed by atoms with E-state index in [9.17, 15) is 5.11 Å². The molecular weight excluding hydrogens is 394 g/mol. The third kappa shape index (κ3) is 4.83. The van der Waals surface area contributed by atoms with Gasteiger partial charge in [-0.3, -0.25) is 0 Å². The highest BCUT2D eigenvalue weighted by Crippen LogP contribution is 2.33. The van der Waals surface area contributed by atoms with Gasteiger partial charge in [-0.25, -0.2) is 0 Å². The summed E-state index contributed by atoms with van der Waals surface area (Å²) in [6.07, 6.45) is 1.10. The number of phenolic OH excluding ortho intramolecular Hbond substituents is 1. The van der Waals surface area contributed by atoms with Gasteiger partial charge in [-0.1, -0.05) is 37.3 Å². The summed E-state index contributed by atoms with van der Waals surface area (Å²) in [4.78, 5) is 0. The molecule has 0 aliphatic carbocycles. The van der Waals surface area contributed by atoms with Crippen molar-refractivity contribution in [3.8, 4) is 5.75 Å². The van der Waals surface area contributed by atoms with Gasteiger partial charge in [0.1, 0.15) is 5.75 Å². The first-order valence-electron chi connectivity index (χ1n) is 7.00. The normalized spacial score (nSPS) is 12.3. The summed E-state index contributed by atoms with van der Waals surface area (Å²) in [6, 6.07) is 14.5. The van der Waals surface area contributed by atoms with E-state index in [2.05, 4.69) is 74.4 Å². The molecular formula is C17H19Br2NO. The van der Waals surface area contributed by atoms with Crippen LogP contribution in [-0.4, -0.2) is 11.7 Å². The molecule has 0 radical (unpaired) electrons. The highest BCUT2D eigenvalue weighted by atomic mass is 79.9. The molecule has 0 heterocycles. The summed E-state index contributed by atoms with van der Waals surface area (Å²) in [5, 5.41) is 13.1. The number of nitrogens with one attached hydrogen (secondary N) is 1. The van der Waals surface area contributed by atoms with E-state index in [0.29, 0.717) is 14.9 Å². The minimum absolute atomic E-state index is 0.247. The van der Waals surface area contributed by atoms with Crippen molar-refractivity contribution in [2.75, 3.05) is 6.54 Å². The van der Waals surface area contributed by atoms with Gasteiger partial charge in [0.25, 0.3) is 0 Å². The van der Waals surface area contributed by atoms with E-state index in [4.69, 9.17) is 0 Å². The van der Waals surface area contributed by atoms with Crippen molar-refractivity contribution in [2.45, 2.75) is 25.8 Å². The van der Waals surface area contributed by atoms with Crippen LogP contribution in [0.3, 0.4) is 0 Å². The summed E-state index contributed by atoms with van der Waals surface area (Å²) in [5.74, 6) is 0.799. The van der Waals surface area contributed by atoms with E-state index in [1.165, 1.54) is 5.56 Å². The van der Waals surface area contributed by atoms with E-state index in [1.807, 2.05) is 12.1 Å². The van der Waals surface area contributed by atoms with Crippen LogP contribution in [0.4, 0.5) is 0 Å². The predicted molar refractivity (Wildman–Crippen MR) is 94.7 cm³/mol. The monoisotopic (exact) mass is 411 g/mol. The maximum Gasteiger partial charge on any atom is 0.143 e.